The molecule has 1 fully saturated rings. The highest BCUT2D eigenvalue weighted by atomic mass is 79.9. The van der Waals surface area contributed by atoms with Crippen molar-refractivity contribution in [2.24, 2.45) is 5.92 Å². The lowest BCUT2D eigenvalue weighted by molar-refractivity contribution is -0.142. The SMILES string of the molecule is O=C(N[C@@H](Cc1ccccc1)C(=O)O)C1CC1c1cccc(Br)c1. The molecule has 0 bridgehead atoms. The van der Waals surface area contributed by atoms with E-state index in [1.807, 2.05) is 54.6 Å². The number of benzene rings is 2. The van der Waals surface area contributed by atoms with Crippen molar-refractivity contribution in [3.63, 3.8) is 0 Å². The maximum atomic E-state index is 12.4. The largest absolute Gasteiger partial charge is 0.480 e. The predicted octanol–water partition coefficient (Wildman–Crippen LogP) is 3.36. The van der Waals surface area contributed by atoms with E-state index in [0.29, 0.717) is 0 Å². The smallest absolute Gasteiger partial charge is 0.326 e. The summed E-state index contributed by atoms with van der Waals surface area (Å²) in [6.45, 7) is 0. The predicted molar refractivity (Wildman–Crippen MR) is 94.7 cm³/mol. The summed E-state index contributed by atoms with van der Waals surface area (Å²) in [5.41, 5.74) is 2.00. The third-order valence-corrected chi connectivity index (χ3v) is 4.79. The number of carboxylic acids is 1. The van der Waals surface area contributed by atoms with E-state index in [-0.39, 0.29) is 24.2 Å². The van der Waals surface area contributed by atoms with Gasteiger partial charge < -0.3 is 10.4 Å². The Kier molecular flexibility index (Phi) is 5.00. The topological polar surface area (TPSA) is 66.4 Å². The highest BCUT2D eigenvalue weighted by Gasteiger charge is 2.44. The van der Waals surface area contributed by atoms with E-state index in [0.717, 1.165) is 22.0 Å². The number of halogens is 1. The summed E-state index contributed by atoms with van der Waals surface area (Å²) in [5.74, 6) is -1.15. The Bertz CT molecular complexity index is 747. The van der Waals surface area contributed by atoms with Crippen LogP contribution in [0.3, 0.4) is 0 Å². The van der Waals surface area contributed by atoms with Crippen LogP contribution in [-0.2, 0) is 16.0 Å². The Labute approximate surface area is 149 Å². The first-order chi connectivity index (χ1) is 11.5. The molecular weight excluding hydrogens is 370 g/mol. The van der Waals surface area contributed by atoms with Crippen LogP contribution in [0, 0.1) is 5.92 Å². The highest BCUT2D eigenvalue weighted by Crippen LogP contribution is 2.48. The normalized spacial score (nSPS) is 20.2. The summed E-state index contributed by atoms with van der Waals surface area (Å²) < 4.78 is 0.985. The number of carboxylic acid groups (broad SMARTS) is 1. The zero-order chi connectivity index (χ0) is 17.1. The molecule has 1 amide bonds. The van der Waals surface area contributed by atoms with Crippen molar-refractivity contribution in [2.75, 3.05) is 0 Å². The summed E-state index contributed by atoms with van der Waals surface area (Å²) in [7, 11) is 0. The van der Waals surface area contributed by atoms with Gasteiger partial charge >= 0.3 is 5.97 Å². The van der Waals surface area contributed by atoms with Gasteiger partial charge in [-0.15, -0.1) is 0 Å². The van der Waals surface area contributed by atoms with E-state index in [2.05, 4.69) is 21.2 Å². The molecule has 124 valence electrons. The molecule has 0 aliphatic heterocycles. The lowest BCUT2D eigenvalue weighted by Gasteiger charge is -2.14. The van der Waals surface area contributed by atoms with Gasteiger partial charge in [-0.1, -0.05) is 58.4 Å². The quantitative estimate of drug-likeness (QED) is 0.798. The lowest BCUT2D eigenvalue weighted by Crippen LogP contribution is -2.43. The van der Waals surface area contributed by atoms with E-state index in [1.165, 1.54) is 0 Å². The van der Waals surface area contributed by atoms with Crippen LogP contribution in [0.15, 0.2) is 59.1 Å². The van der Waals surface area contributed by atoms with Gasteiger partial charge in [0, 0.05) is 16.8 Å². The Morgan fingerprint density at radius 3 is 2.58 bits per heavy atom. The number of carbonyl (C=O) groups is 2. The molecule has 5 heteroatoms. The van der Waals surface area contributed by atoms with E-state index in [1.54, 1.807) is 0 Å². The fourth-order valence-electron chi connectivity index (χ4n) is 2.92. The third kappa shape index (κ3) is 4.03. The Hall–Kier alpha value is -2.14. The Balaban J connectivity index is 1.62. The molecule has 3 rings (SSSR count). The van der Waals surface area contributed by atoms with Crippen LogP contribution in [-0.4, -0.2) is 23.0 Å². The number of hydrogen-bond donors (Lipinski definition) is 2. The van der Waals surface area contributed by atoms with Gasteiger partial charge in [0.1, 0.15) is 6.04 Å². The number of rotatable bonds is 6. The zero-order valence-corrected chi connectivity index (χ0v) is 14.6. The molecule has 0 radical (unpaired) electrons. The Morgan fingerprint density at radius 1 is 1.17 bits per heavy atom. The average Bonchev–Trinajstić information content (AvgIpc) is 3.36. The molecule has 2 unspecified atom stereocenters. The number of carbonyl (C=O) groups excluding carboxylic acids is 1. The van der Waals surface area contributed by atoms with Gasteiger partial charge in [0.25, 0.3) is 0 Å². The first-order valence-corrected chi connectivity index (χ1v) is 8.66. The first-order valence-electron chi connectivity index (χ1n) is 7.87. The monoisotopic (exact) mass is 387 g/mol. The molecule has 4 nitrogen and oxygen atoms in total. The number of nitrogens with one attached hydrogen (secondary N) is 1. The Morgan fingerprint density at radius 2 is 1.92 bits per heavy atom. The van der Waals surface area contributed by atoms with Crippen molar-refractivity contribution in [1.29, 1.82) is 0 Å². The van der Waals surface area contributed by atoms with Gasteiger partial charge in [-0.2, -0.15) is 0 Å². The van der Waals surface area contributed by atoms with Crippen molar-refractivity contribution in [3.8, 4) is 0 Å². The molecule has 2 aromatic carbocycles. The fraction of sp³-hybridized carbons (Fsp3) is 0.263. The minimum Gasteiger partial charge on any atom is -0.480 e. The van der Waals surface area contributed by atoms with Crippen LogP contribution in [0.25, 0.3) is 0 Å². The molecule has 2 N–H and O–H groups in total. The minimum atomic E-state index is -1.01. The van der Waals surface area contributed by atoms with Gasteiger partial charge in [0.05, 0.1) is 0 Å². The van der Waals surface area contributed by atoms with Gasteiger partial charge in [0.2, 0.25) is 5.91 Å². The van der Waals surface area contributed by atoms with Crippen LogP contribution in [0.4, 0.5) is 0 Å². The standard InChI is InChI=1S/C19H18BrNO3/c20-14-8-4-7-13(10-14)15-11-16(15)18(22)21-17(19(23)24)9-12-5-2-1-3-6-12/h1-8,10,15-17H,9,11H2,(H,21,22)(H,23,24)/t15?,16?,17-/m0/s1. The van der Waals surface area contributed by atoms with Crippen molar-refractivity contribution in [2.45, 2.75) is 24.8 Å². The summed E-state index contributed by atoms with van der Waals surface area (Å²) in [6, 6.07) is 16.3. The van der Waals surface area contributed by atoms with Crippen molar-refractivity contribution >= 4 is 27.8 Å². The molecule has 2 aromatic rings. The van der Waals surface area contributed by atoms with Crippen LogP contribution >= 0.6 is 15.9 Å². The fourth-order valence-corrected chi connectivity index (χ4v) is 3.34. The lowest BCUT2D eigenvalue weighted by atomic mass is 10.1. The summed E-state index contributed by atoms with van der Waals surface area (Å²) in [6.07, 6.45) is 1.05. The van der Waals surface area contributed by atoms with E-state index < -0.39 is 12.0 Å². The molecular formula is C19H18BrNO3. The molecule has 0 heterocycles. The van der Waals surface area contributed by atoms with Crippen molar-refractivity contribution < 1.29 is 14.7 Å². The molecule has 0 saturated heterocycles. The third-order valence-electron chi connectivity index (χ3n) is 4.30. The zero-order valence-electron chi connectivity index (χ0n) is 13.0. The minimum absolute atomic E-state index is 0.142. The molecule has 3 atom stereocenters. The maximum Gasteiger partial charge on any atom is 0.326 e. The molecule has 1 aliphatic carbocycles. The van der Waals surface area contributed by atoms with E-state index in [9.17, 15) is 14.7 Å². The van der Waals surface area contributed by atoms with Gasteiger partial charge in [0.15, 0.2) is 0 Å². The number of amides is 1. The molecule has 0 spiro atoms. The molecule has 1 saturated carbocycles. The van der Waals surface area contributed by atoms with Crippen LogP contribution in [0.1, 0.15) is 23.5 Å². The summed E-state index contributed by atoms with van der Waals surface area (Å²) in [4.78, 5) is 23.9. The molecule has 0 aromatic heterocycles. The molecule has 24 heavy (non-hydrogen) atoms. The second-order valence-corrected chi connectivity index (χ2v) is 7.01. The van der Waals surface area contributed by atoms with Crippen LogP contribution in [0.2, 0.25) is 0 Å². The van der Waals surface area contributed by atoms with E-state index >= 15 is 0 Å². The maximum absolute atomic E-state index is 12.4. The first kappa shape index (κ1) is 16.7. The number of hydrogen-bond acceptors (Lipinski definition) is 2. The van der Waals surface area contributed by atoms with Gasteiger partial charge in [-0.3, -0.25) is 4.79 Å². The second-order valence-electron chi connectivity index (χ2n) is 6.09. The van der Waals surface area contributed by atoms with E-state index in [4.69, 9.17) is 0 Å². The summed E-state index contributed by atoms with van der Waals surface area (Å²) in [5, 5.41) is 12.1. The van der Waals surface area contributed by atoms with Crippen LogP contribution in [0.5, 0.6) is 0 Å². The van der Waals surface area contributed by atoms with Gasteiger partial charge in [-0.05, 0) is 35.6 Å². The second kappa shape index (κ2) is 7.18. The number of aliphatic carboxylic acids is 1. The average molecular weight is 388 g/mol. The van der Waals surface area contributed by atoms with Gasteiger partial charge in [-0.25, -0.2) is 4.79 Å². The van der Waals surface area contributed by atoms with Crippen molar-refractivity contribution in [1.82, 2.24) is 5.32 Å². The molecule has 1 aliphatic rings. The summed E-state index contributed by atoms with van der Waals surface area (Å²) >= 11 is 3.43. The highest BCUT2D eigenvalue weighted by molar-refractivity contribution is 9.10. The van der Waals surface area contributed by atoms with Crippen molar-refractivity contribution in [3.05, 3.63) is 70.2 Å². The van der Waals surface area contributed by atoms with Crippen LogP contribution < -0.4 is 5.32 Å².